The van der Waals surface area contributed by atoms with E-state index in [0.29, 0.717) is 12.3 Å². The van der Waals surface area contributed by atoms with E-state index < -0.39 is 0 Å². The molecule has 0 radical (unpaired) electrons. The first kappa shape index (κ1) is 14.1. The largest absolute Gasteiger partial charge is 0.349 e. The zero-order valence-corrected chi connectivity index (χ0v) is 12.0. The van der Waals surface area contributed by atoms with Gasteiger partial charge in [-0.2, -0.15) is 5.10 Å². The molecule has 106 valence electrons. The van der Waals surface area contributed by atoms with Gasteiger partial charge in [-0.3, -0.25) is 9.48 Å². The predicted octanol–water partition coefficient (Wildman–Crippen LogP) is 1.42. The maximum atomic E-state index is 12.1. The predicted molar refractivity (Wildman–Crippen MR) is 74.4 cm³/mol. The van der Waals surface area contributed by atoms with Gasteiger partial charge in [-0.1, -0.05) is 6.42 Å². The molecule has 1 aromatic rings. The second-order valence-electron chi connectivity index (χ2n) is 5.69. The Balaban J connectivity index is 1.90. The molecule has 0 aromatic carbocycles. The van der Waals surface area contributed by atoms with Crippen molar-refractivity contribution >= 4 is 5.91 Å². The van der Waals surface area contributed by atoms with Crippen LogP contribution in [0.25, 0.3) is 0 Å². The van der Waals surface area contributed by atoms with Gasteiger partial charge in [-0.25, -0.2) is 0 Å². The van der Waals surface area contributed by atoms with Gasteiger partial charge in [0.2, 0.25) is 5.91 Å². The Hall–Kier alpha value is -1.36. The summed E-state index contributed by atoms with van der Waals surface area (Å²) in [5.41, 5.74) is 8.04. The van der Waals surface area contributed by atoms with Gasteiger partial charge in [-0.15, -0.1) is 0 Å². The number of nitrogens with one attached hydrogen (secondary N) is 1. The van der Waals surface area contributed by atoms with Crippen molar-refractivity contribution in [2.75, 3.05) is 0 Å². The van der Waals surface area contributed by atoms with E-state index in [0.717, 1.165) is 30.5 Å². The van der Waals surface area contributed by atoms with Crippen LogP contribution in [0.1, 0.15) is 49.9 Å². The lowest BCUT2D eigenvalue weighted by atomic mass is 9.99. The number of rotatable bonds is 4. The molecule has 1 fully saturated rings. The second-order valence-corrected chi connectivity index (χ2v) is 5.69. The van der Waals surface area contributed by atoms with E-state index in [1.807, 2.05) is 27.1 Å². The van der Waals surface area contributed by atoms with Crippen LogP contribution in [0.5, 0.6) is 0 Å². The fourth-order valence-electron chi connectivity index (χ4n) is 2.98. The lowest BCUT2D eigenvalue weighted by Crippen LogP contribution is -2.33. The SMILES string of the molecule is Cc1nn(C)cc1C(C)NC(=O)C[C@@H]1CCC[C@H]1N. The lowest BCUT2D eigenvalue weighted by Gasteiger charge is -2.18. The lowest BCUT2D eigenvalue weighted by molar-refractivity contribution is -0.122. The van der Waals surface area contributed by atoms with E-state index in [4.69, 9.17) is 5.73 Å². The number of hydrogen-bond donors (Lipinski definition) is 2. The summed E-state index contributed by atoms with van der Waals surface area (Å²) in [4.78, 5) is 12.1. The molecule has 1 heterocycles. The molecule has 0 bridgehead atoms. The van der Waals surface area contributed by atoms with Gasteiger partial charge in [0.15, 0.2) is 0 Å². The monoisotopic (exact) mass is 264 g/mol. The van der Waals surface area contributed by atoms with Crippen LogP contribution in [0.3, 0.4) is 0 Å². The highest BCUT2D eigenvalue weighted by atomic mass is 16.1. The normalized spacial score (nSPS) is 24.4. The molecule has 0 spiro atoms. The molecule has 5 nitrogen and oxygen atoms in total. The molecule has 1 aliphatic carbocycles. The molecular weight excluding hydrogens is 240 g/mol. The molecule has 1 aromatic heterocycles. The minimum Gasteiger partial charge on any atom is -0.349 e. The van der Waals surface area contributed by atoms with Crippen LogP contribution in [0.2, 0.25) is 0 Å². The van der Waals surface area contributed by atoms with Crippen LogP contribution < -0.4 is 11.1 Å². The Morgan fingerprint density at radius 3 is 2.89 bits per heavy atom. The quantitative estimate of drug-likeness (QED) is 0.864. The molecule has 1 unspecified atom stereocenters. The first-order chi connectivity index (χ1) is 8.97. The molecule has 2 rings (SSSR count). The first-order valence-electron chi connectivity index (χ1n) is 7.02. The van der Waals surface area contributed by atoms with Crippen LogP contribution in [-0.4, -0.2) is 21.7 Å². The zero-order chi connectivity index (χ0) is 14.0. The van der Waals surface area contributed by atoms with Crippen molar-refractivity contribution in [3.63, 3.8) is 0 Å². The van der Waals surface area contributed by atoms with E-state index in [2.05, 4.69) is 10.4 Å². The van der Waals surface area contributed by atoms with Crippen molar-refractivity contribution in [1.82, 2.24) is 15.1 Å². The number of aryl methyl sites for hydroxylation is 2. The number of nitrogens with zero attached hydrogens (tertiary/aromatic N) is 2. The third-order valence-electron chi connectivity index (χ3n) is 4.06. The Labute approximate surface area is 114 Å². The first-order valence-corrected chi connectivity index (χ1v) is 7.02. The summed E-state index contributed by atoms with van der Waals surface area (Å²) in [6, 6.07) is 0.194. The molecule has 1 amide bonds. The van der Waals surface area contributed by atoms with Gasteiger partial charge < -0.3 is 11.1 Å². The summed E-state index contributed by atoms with van der Waals surface area (Å²) < 4.78 is 1.78. The van der Waals surface area contributed by atoms with E-state index in [1.54, 1.807) is 4.68 Å². The highest BCUT2D eigenvalue weighted by molar-refractivity contribution is 5.76. The van der Waals surface area contributed by atoms with Crippen LogP contribution in [-0.2, 0) is 11.8 Å². The average molecular weight is 264 g/mol. The minimum absolute atomic E-state index is 0.00109. The second kappa shape index (κ2) is 5.74. The maximum Gasteiger partial charge on any atom is 0.220 e. The van der Waals surface area contributed by atoms with Gasteiger partial charge in [0.1, 0.15) is 0 Å². The van der Waals surface area contributed by atoms with Crippen molar-refractivity contribution in [1.29, 1.82) is 0 Å². The van der Waals surface area contributed by atoms with Gasteiger partial charge in [-0.05, 0) is 32.6 Å². The summed E-state index contributed by atoms with van der Waals surface area (Å²) in [6.45, 7) is 3.96. The van der Waals surface area contributed by atoms with Gasteiger partial charge >= 0.3 is 0 Å². The van der Waals surface area contributed by atoms with Crippen LogP contribution in [0.4, 0.5) is 0 Å². The number of aromatic nitrogens is 2. The van der Waals surface area contributed by atoms with Gasteiger partial charge in [0.05, 0.1) is 11.7 Å². The average Bonchev–Trinajstić information content (AvgIpc) is 2.85. The fraction of sp³-hybridized carbons (Fsp3) is 0.714. The Morgan fingerprint density at radius 1 is 1.63 bits per heavy atom. The molecule has 1 saturated carbocycles. The van der Waals surface area contributed by atoms with Crippen molar-refractivity contribution < 1.29 is 4.79 Å². The third-order valence-corrected chi connectivity index (χ3v) is 4.06. The summed E-state index contributed by atoms with van der Waals surface area (Å²) in [7, 11) is 1.89. The Kier molecular flexibility index (Phi) is 4.24. The number of amides is 1. The minimum atomic E-state index is -0.00109. The number of nitrogens with two attached hydrogens (primary N) is 1. The van der Waals surface area contributed by atoms with Crippen LogP contribution >= 0.6 is 0 Å². The summed E-state index contributed by atoms with van der Waals surface area (Å²) in [5, 5.41) is 7.35. The Bertz CT molecular complexity index is 454. The molecule has 0 saturated heterocycles. The molecule has 3 atom stereocenters. The standard InChI is InChI=1S/C14H24N4O/c1-9(12-8-18(3)17-10(12)2)16-14(19)7-11-5-4-6-13(11)15/h8-9,11,13H,4-7,15H2,1-3H3,(H,16,19)/t9?,11-,13+/m0/s1. The van der Waals surface area contributed by atoms with Crippen molar-refractivity contribution in [2.45, 2.75) is 51.6 Å². The zero-order valence-electron chi connectivity index (χ0n) is 12.0. The van der Waals surface area contributed by atoms with E-state index in [1.165, 1.54) is 0 Å². The summed E-state index contributed by atoms with van der Waals surface area (Å²) in [5.74, 6) is 0.445. The summed E-state index contributed by atoms with van der Waals surface area (Å²) >= 11 is 0. The molecule has 5 heteroatoms. The maximum absolute atomic E-state index is 12.1. The number of hydrogen-bond acceptors (Lipinski definition) is 3. The fourth-order valence-corrected chi connectivity index (χ4v) is 2.98. The number of carbonyl (C=O) groups excluding carboxylic acids is 1. The van der Waals surface area contributed by atoms with E-state index in [9.17, 15) is 4.79 Å². The van der Waals surface area contributed by atoms with E-state index >= 15 is 0 Å². The molecule has 19 heavy (non-hydrogen) atoms. The third kappa shape index (κ3) is 3.35. The Morgan fingerprint density at radius 2 is 2.37 bits per heavy atom. The van der Waals surface area contributed by atoms with Crippen LogP contribution in [0.15, 0.2) is 6.20 Å². The number of carbonyl (C=O) groups is 1. The molecular formula is C14H24N4O. The summed E-state index contributed by atoms with van der Waals surface area (Å²) in [6.07, 6.45) is 5.78. The molecule has 3 N–H and O–H groups in total. The smallest absolute Gasteiger partial charge is 0.220 e. The highest BCUT2D eigenvalue weighted by Gasteiger charge is 2.26. The van der Waals surface area contributed by atoms with Crippen molar-refractivity contribution in [2.24, 2.45) is 18.7 Å². The topological polar surface area (TPSA) is 72.9 Å². The van der Waals surface area contributed by atoms with Crippen molar-refractivity contribution in [3.8, 4) is 0 Å². The highest BCUT2D eigenvalue weighted by Crippen LogP contribution is 2.27. The van der Waals surface area contributed by atoms with Gasteiger partial charge in [0, 0.05) is 31.3 Å². The van der Waals surface area contributed by atoms with Gasteiger partial charge in [0.25, 0.3) is 0 Å². The van der Waals surface area contributed by atoms with E-state index in [-0.39, 0.29) is 18.0 Å². The molecule has 0 aliphatic heterocycles. The van der Waals surface area contributed by atoms with Crippen LogP contribution in [0, 0.1) is 12.8 Å². The molecule has 1 aliphatic rings. The van der Waals surface area contributed by atoms with Crippen molar-refractivity contribution in [3.05, 3.63) is 17.5 Å².